The Kier molecular flexibility index (Phi) is 3.67. The number of benzene rings is 1. The molecule has 0 saturated heterocycles. The van der Waals surface area contributed by atoms with Crippen molar-refractivity contribution in [2.75, 3.05) is 5.32 Å². The number of carbonyl (C=O) groups excluding carboxylic acids is 2. The van der Waals surface area contributed by atoms with E-state index >= 15 is 0 Å². The Balaban J connectivity index is 2.58. The van der Waals surface area contributed by atoms with Crippen molar-refractivity contribution in [1.29, 1.82) is 0 Å². The number of aldehydes is 1. The minimum atomic E-state index is -0.578. The molecular formula is C10H12N2O2. The van der Waals surface area contributed by atoms with E-state index in [1.165, 1.54) is 0 Å². The Bertz CT molecular complexity index is 319. The number of hydrogen-bond donors (Lipinski definition) is 2. The minimum Gasteiger partial charge on any atom is -0.351 e. The lowest BCUT2D eigenvalue weighted by Gasteiger charge is -2.02. The fraction of sp³-hybridized carbons (Fsp3) is 0.200. The van der Waals surface area contributed by atoms with Crippen LogP contribution < -0.4 is 11.1 Å². The molecule has 3 N–H and O–H groups in total. The van der Waals surface area contributed by atoms with Crippen molar-refractivity contribution in [2.24, 2.45) is 5.73 Å². The molecule has 0 unspecified atom stereocenters. The van der Waals surface area contributed by atoms with E-state index in [-0.39, 0.29) is 0 Å². The summed E-state index contributed by atoms with van der Waals surface area (Å²) in [6.07, 6.45) is 2.12. The van der Waals surface area contributed by atoms with Gasteiger partial charge in [0.25, 0.3) is 0 Å². The van der Waals surface area contributed by atoms with Gasteiger partial charge in [-0.1, -0.05) is 12.1 Å². The third kappa shape index (κ3) is 3.26. The van der Waals surface area contributed by atoms with Crippen LogP contribution in [0.1, 0.15) is 12.0 Å². The van der Waals surface area contributed by atoms with Gasteiger partial charge in [-0.15, -0.1) is 0 Å². The van der Waals surface area contributed by atoms with Crippen molar-refractivity contribution in [2.45, 2.75) is 12.8 Å². The van der Waals surface area contributed by atoms with E-state index in [2.05, 4.69) is 5.32 Å². The van der Waals surface area contributed by atoms with Gasteiger partial charge in [-0.2, -0.15) is 0 Å². The summed E-state index contributed by atoms with van der Waals surface area (Å²) in [4.78, 5) is 20.6. The van der Waals surface area contributed by atoms with Crippen LogP contribution in [0.4, 0.5) is 10.5 Å². The minimum absolute atomic E-state index is 0.516. The Morgan fingerprint density at radius 2 is 2.00 bits per heavy atom. The Hall–Kier alpha value is -1.84. The van der Waals surface area contributed by atoms with Crippen molar-refractivity contribution in [3.8, 4) is 0 Å². The quantitative estimate of drug-likeness (QED) is 0.706. The molecule has 0 fully saturated rings. The molecule has 0 radical (unpaired) electrons. The lowest BCUT2D eigenvalue weighted by atomic mass is 10.1. The van der Waals surface area contributed by atoms with Gasteiger partial charge in [0.2, 0.25) is 0 Å². The van der Waals surface area contributed by atoms with E-state index in [1.807, 2.05) is 12.1 Å². The first kappa shape index (κ1) is 10.2. The smallest absolute Gasteiger partial charge is 0.316 e. The average molecular weight is 192 g/mol. The second kappa shape index (κ2) is 5.01. The van der Waals surface area contributed by atoms with E-state index in [0.717, 1.165) is 18.3 Å². The third-order valence-corrected chi connectivity index (χ3v) is 1.77. The molecule has 0 heterocycles. The van der Waals surface area contributed by atoms with E-state index in [0.29, 0.717) is 12.1 Å². The zero-order valence-corrected chi connectivity index (χ0v) is 7.69. The van der Waals surface area contributed by atoms with E-state index < -0.39 is 6.03 Å². The zero-order chi connectivity index (χ0) is 10.4. The maximum atomic E-state index is 10.5. The van der Waals surface area contributed by atoms with Gasteiger partial charge < -0.3 is 15.8 Å². The Labute approximate surface area is 82.1 Å². The highest BCUT2D eigenvalue weighted by molar-refractivity contribution is 5.87. The van der Waals surface area contributed by atoms with Crippen molar-refractivity contribution < 1.29 is 9.59 Å². The van der Waals surface area contributed by atoms with Crippen LogP contribution in [0.2, 0.25) is 0 Å². The van der Waals surface area contributed by atoms with Crippen molar-refractivity contribution >= 4 is 18.0 Å². The van der Waals surface area contributed by atoms with Gasteiger partial charge in [-0.3, -0.25) is 0 Å². The van der Waals surface area contributed by atoms with Crippen LogP contribution in [-0.4, -0.2) is 12.3 Å². The van der Waals surface area contributed by atoms with Crippen LogP contribution in [-0.2, 0) is 11.2 Å². The molecule has 4 nitrogen and oxygen atoms in total. The predicted molar refractivity (Wildman–Crippen MR) is 54.0 cm³/mol. The highest BCUT2D eigenvalue weighted by Gasteiger charge is 1.96. The van der Waals surface area contributed by atoms with Gasteiger partial charge in [-0.05, 0) is 24.1 Å². The molecule has 1 rings (SSSR count). The topological polar surface area (TPSA) is 72.2 Å². The first-order chi connectivity index (χ1) is 6.72. The summed E-state index contributed by atoms with van der Waals surface area (Å²) >= 11 is 0. The molecule has 74 valence electrons. The second-order valence-corrected chi connectivity index (χ2v) is 2.89. The van der Waals surface area contributed by atoms with E-state index in [9.17, 15) is 9.59 Å². The number of anilines is 1. The molecule has 0 spiro atoms. The standard InChI is InChI=1S/C10H12N2O2/c11-10(14)12-9-5-3-8(4-6-9)2-1-7-13/h3-7H,1-2H2,(H3,11,12,14). The van der Waals surface area contributed by atoms with Gasteiger partial charge in [0, 0.05) is 12.1 Å². The lowest BCUT2D eigenvalue weighted by Crippen LogP contribution is -2.19. The fourth-order valence-corrected chi connectivity index (χ4v) is 1.12. The summed E-state index contributed by atoms with van der Waals surface area (Å²) in [6.45, 7) is 0. The zero-order valence-electron chi connectivity index (χ0n) is 7.69. The highest BCUT2D eigenvalue weighted by atomic mass is 16.2. The molecule has 0 aromatic heterocycles. The molecule has 0 aliphatic rings. The van der Waals surface area contributed by atoms with Gasteiger partial charge >= 0.3 is 6.03 Å². The monoisotopic (exact) mass is 192 g/mol. The summed E-state index contributed by atoms with van der Waals surface area (Å²) in [5, 5.41) is 2.46. The van der Waals surface area contributed by atoms with Crippen LogP contribution in [0.5, 0.6) is 0 Å². The molecule has 14 heavy (non-hydrogen) atoms. The number of nitrogens with one attached hydrogen (secondary N) is 1. The molecule has 1 aromatic carbocycles. The number of amides is 2. The first-order valence-electron chi connectivity index (χ1n) is 4.31. The number of rotatable bonds is 4. The van der Waals surface area contributed by atoms with Crippen LogP contribution in [0.3, 0.4) is 0 Å². The second-order valence-electron chi connectivity index (χ2n) is 2.89. The van der Waals surface area contributed by atoms with Gasteiger partial charge in [0.05, 0.1) is 0 Å². The maximum Gasteiger partial charge on any atom is 0.316 e. The molecule has 0 aliphatic heterocycles. The van der Waals surface area contributed by atoms with E-state index in [1.54, 1.807) is 12.1 Å². The SMILES string of the molecule is NC(=O)Nc1ccc(CCC=O)cc1. The van der Waals surface area contributed by atoms with Crippen LogP contribution in [0.15, 0.2) is 24.3 Å². The van der Waals surface area contributed by atoms with Gasteiger partial charge in [-0.25, -0.2) is 4.79 Å². The third-order valence-electron chi connectivity index (χ3n) is 1.77. The molecule has 0 aliphatic carbocycles. The van der Waals surface area contributed by atoms with Crippen LogP contribution in [0, 0.1) is 0 Å². The molecule has 4 heteroatoms. The number of urea groups is 1. The largest absolute Gasteiger partial charge is 0.351 e. The number of carbonyl (C=O) groups is 2. The summed E-state index contributed by atoms with van der Waals surface area (Å²) in [6, 6.07) is 6.64. The number of hydrogen-bond acceptors (Lipinski definition) is 2. The first-order valence-corrected chi connectivity index (χ1v) is 4.31. The number of aryl methyl sites for hydroxylation is 1. The number of nitrogens with two attached hydrogens (primary N) is 1. The van der Waals surface area contributed by atoms with Crippen LogP contribution in [0.25, 0.3) is 0 Å². The van der Waals surface area contributed by atoms with Crippen molar-refractivity contribution in [1.82, 2.24) is 0 Å². The average Bonchev–Trinajstić information content (AvgIpc) is 2.16. The molecule has 0 saturated carbocycles. The van der Waals surface area contributed by atoms with Gasteiger partial charge in [0.15, 0.2) is 0 Å². The summed E-state index contributed by atoms with van der Waals surface area (Å²) in [5.41, 5.74) is 6.67. The van der Waals surface area contributed by atoms with E-state index in [4.69, 9.17) is 5.73 Å². The van der Waals surface area contributed by atoms with Crippen LogP contribution >= 0.6 is 0 Å². The fourth-order valence-electron chi connectivity index (χ4n) is 1.12. The van der Waals surface area contributed by atoms with Crippen molar-refractivity contribution in [3.63, 3.8) is 0 Å². The molecule has 2 amide bonds. The van der Waals surface area contributed by atoms with Gasteiger partial charge in [0.1, 0.15) is 6.29 Å². The molecule has 0 bridgehead atoms. The Morgan fingerprint density at radius 3 is 2.50 bits per heavy atom. The lowest BCUT2D eigenvalue weighted by molar-refractivity contribution is -0.107. The maximum absolute atomic E-state index is 10.5. The highest BCUT2D eigenvalue weighted by Crippen LogP contribution is 2.10. The molecule has 0 atom stereocenters. The number of primary amides is 1. The molecule has 1 aromatic rings. The predicted octanol–water partition coefficient (Wildman–Crippen LogP) is 1.31. The summed E-state index contributed by atoms with van der Waals surface area (Å²) in [7, 11) is 0. The summed E-state index contributed by atoms with van der Waals surface area (Å²) < 4.78 is 0. The summed E-state index contributed by atoms with van der Waals surface area (Å²) in [5.74, 6) is 0. The molecular weight excluding hydrogens is 180 g/mol. The van der Waals surface area contributed by atoms with Crippen molar-refractivity contribution in [3.05, 3.63) is 29.8 Å². The normalized spacial score (nSPS) is 9.43. The Morgan fingerprint density at radius 1 is 1.36 bits per heavy atom.